The molecule has 0 aliphatic rings. The van der Waals surface area contributed by atoms with Crippen LogP contribution >= 0.6 is 0 Å². The van der Waals surface area contributed by atoms with Crippen LogP contribution in [0.5, 0.6) is 0 Å². The second-order valence-corrected chi connectivity index (χ2v) is 3.35. The lowest BCUT2D eigenvalue weighted by molar-refractivity contribution is -0.111. The van der Waals surface area contributed by atoms with E-state index in [0.29, 0.717) is 11.7 Å². The van der Waals surface area contributed by atoms with Crippen LogP contribution in [0.25, 0.3) is 0 Å². The molecule has 1 rings (SSSR count). The second-order valence-electron chi connectivity index (χ2n) is 3.35. The van der Waals surface area contributed by atoms with Gasteiger partial charge in [0.1, 0.15) is 0 Å². The molecule has 0 saturated carbocycles. The van der Waals surface area contributed by atoms with E-state index in [1.54, 1.807) is 13.0 Å². The Morgan fingerprint density at radius 3 is 2.86 bits per heavy atom. The van der Waals surface area contributed by atoms with Gasteiger partial charge in [0.2, 0.25) is 5.91 Å². The Kier molecular flexibility index (Phi) is 3.45. The number of nitrogens with one attached hydrogen (secondary N) is 2. The molecular weight excluding hydrogens is 178 g/mol. The van der Waals surface area contributed by atoms with Gasteiger partial charge in [0, 0.05) is 11.8 Å². The quantitative estimate of drug-likeness (QED) is 0.722. The van der Waals surface area contributed by atoms with Crippen molar-refractivity contribution < 1.29 is 4.79 Å². The van der Waals surface area contributed by atoms with Gasteiger partial charge in [0.05, 0.1) is 0 Å². The van der Waals surface area contributed by atoms with Crippen LogP contribution in [-0.2, 0) is 4.79 Å². The maximum atomic E-state index is 11.1. The molecule has 0 radical (unpaired) electrons. The van der Waals surface area contributed by atoms with E-state index in [-0.39, 0.29) is 5.91 Å². The highest BCUT2D eigenvalue weighted by Gasteiger charge is 2.05. The van der Waals surface area contributed by atoms with Gasteiger partial charge in [-0.15, -0.1) is 0 Å². The molecule has 2 N–H and O–H groups in total. The Bertz CT molecular complexity index is 339. The van der Waals surface area contributed by atoms with Crippen molar-refractivity contribution >= 4 is 11.7 Å². The van der Waals surface area contributed by atoms with Crippen molar-refractivity contribution in [2.24, 2.45) is 0 Å². The average Bonchev–Trinajstić information content (AvgIpc) is 2.53. The standard InChI is InChI=1S/C10H15N3O/c1-4-5-10(14)11-9-6-8(7(2)3)12-13-9/h4-7H,1-3H3,(H2,11,12,13,14)/b5-4+. The van der Waals surface area contributed by atoms with E-state index in [1.165, 1.54) is 6.08 Å². The van der Waals surface area contributed by atoms with Crippen LogP contribution in [0.3, 0.4) is 0 Å². The van der Waals surface area contributed by atoms with Crippen molar-refractivity contribution in [2.75, 3.05) is 5.32 Å². The van der Waals surface area contributed by atoms with Crippen molar-refractivity contribution in [1.82, 2.24) is 10.2 Å². The van der Waals surface area contributed by atoms with E-state index in [4.69, 9.17) is 0 Å². The molecule has 0 spiro atoms. The summed E-state index contributed by atoms with van der Waals surface area (Å²) < 4.78 is 0. The van der Waals surface area contributed by atoms with Crippen LogP contribution < -0.4 is 5.32 Å². The topological polar surface area (TPSA) is 57.8 Å². The summed E-state index contributed by atoms with van der Waals surface area (Å²) in [5.41, 5.74) is 1.01. The van der Waals surface area contributed by atoms with E-state index in [1.807, 2.05) is 6.07 Å². The number of carbonyl (C=O) groups is 1. The zero-order valence-corrected chi connectivity index (χ0v) is 8.66. The summed E-state index contributed by atoms with van der Waals surface area (Å²) in [5.74, 6) is 0.793. The van der Waals surface area contributed by atoms with E-state index in [9.17, 15) is 4.79 Å². The first-order chi connectivity index (χ1) is 6.63. The van der Waals surface area contributed by atoms with Crippen LogP contribution in [0.15, 0.2) is 18.2 Å². The fourth-order valence-corrected chi connectivity index (χ4v) is 1.02. The molecule has 0 atom stereocenters. The maximum Gasteiger partial charge on any atom is 0.249 e. The number of nitrogens with zero attached hydrogens (tertiary/aromatic N) is 1. The van der Waals surface area contributed by atoms with E-state index < -0.39 is 0 Å². The highest BCUT2D eigenvalue weighted by Crippen LogP contribution is 2.14. The predicted octanol–water partition coefficient (Wildman–Crippen LogP) is 2.05. The number of allylic oxidation sites excluding steroid dienone is 1. The zero-order valence-electron chi connectivity index (χ0n) is 8.66. The highest BCUT2D eigenvalue weighted by molar-refractivity contribution is 5.98. The number of hydrogen-bond acceptors (Lipinski definition) is 2. The van der Waals surface area contributed by atoms with Crippen molar-refractivity contribution in [1.29, 1.82) is 0 Å². The van der Waals surface area contributed by atoms with Crippen LogP contribution in [0.2, 0.25) is 0 Å². The molecule has 0 aromatic carbocycles. The largest absolute Gasteiger partial charge is 0.306 e. The molecule has 0 unspecified atom stereocenters. The van der Waals surface area contributed by atoms with Crippen LogP contribution in [0.1, 0.15) is 32.4 Å². The van der Waals surface area contributed by atoms with Crippen molar-refractivity contribution in [3.8, 4) is 0 Å². The lowest BCUT2D eigenvalue weighted by atomic mass is 10.1. The normalized spacial score (nSPS) is 11.1. The van der Waals surface area contributed by atoms with Gasteiger partial charge in [0.25, 0.3) is 0 Å². The molecule has 0 bridgehead atoms. The molecule has 1 aromatic rings. The van der Waals surface area contributed by atoms with Crippen LogP contribution in [-0.4, -0.2) is 16.1 Å². The number of aromatic nitrogens is 2. The summed E-state index contributed by atoms with van der Waals surface area (Å²) in [7, 11) is 0. The smallest absolute Gasteiger partial charge is 0.249 e. The first-order valence-corrected chi connectivity index (χ1v) is 4.62. The third kappa shape index (κ3) is 2.73. The van der Waals surface area contributed by atoms with Gasteiger partial charge in [-0.05, 0) is 18.9 Å². The molecule has 0 aliphatic carbocycles. The summed E-state index contributed by atoms with van der Waals surface area (Å²) in [6.07, 6.45) is 3.15. The third-order valence-corrected chi connectivity index (χ3v) is 1.79. The van der Waals surface area contributed by atoms with E-state index >= 15 is 0 Å². The zero-order chi connectivity index (χ0) is 10.6. The monoisotopic (exact) mass is 193 g/mol. The molecule has 1 heterocycles. The van der Waals surface area contributed by atoms with Gasteiger partial charge in [0.15, 0.2) is 5.82 Å². The molecule has 0 saturated heterocycles. The molecule has 1 aromatic heterocycles. The van der Waals surface area contributed by atoms with Crippen molar-refractivity contribution in [2.45, 2.75) is 26.7 Å². The highest BCUT2D eigenvalue weighted by atomic mass is 16.1. The Balaban J connectivity index is 2.64. The minimum atomic E-state index is -0.158. The van der Waals surface area contributed by atoms with Gasteiger partial charge in [-0.2, -0.15) is 5.10 Å². The first kappa shape index (κ1) is 10.5. The molecule has 4 heteroatoms. The summed E-state index contributed by atoms with van der Waals surface area (Å²) in [5, 5.41) is 9.48. The maximum absolute atomic E-state index is 11.1. The Labute approximate surface area is 83.4 Å². The van der Waals surface area contributed by atoms with Gasteiger partial charge < -0.3 is 5.32 Å². The molecule has 76 valence electrons. The summed E-state index contributed by atoms with van der Waals surface area (Å²) in [6.45, 7) is 5.92. The summed E-state index contributed by atoms with van der Waals surface area (Å²) in [6, 6.07) is 1.84. The predicted molar refractivity (Wildman–Crippen MR) is 56.1 cm³/mol. The van der Waals surface area contributed by atoms with Crippen LogP contribution in [0, 0.1) is 0 Å². The summed E-state index contributed by atoms with van der Waals surface area (Å²) >= 11 is 0. The number of H-pyrrole nitrogens is 1. The minimum absolute atomic E-state index is 0.158. The lowest BCUT2D eigenvalue weighted by Gasteiger charge is -1.96. The molecule has 1 amide bonds. The third-order valence-electron chi connectivity index (χ3n) is 1.79. The Morgan fingerprint density at radius 2 is 2.36 bits per heavy atom. The van der Waals surface area contributed by atoms with E-state index in [0.717, 1.165) is 5.69 Å². The number of aromatic amines is 1. The van der Waals surface area contributed by atoms with Crippen molar-refractivity contribution in [3.05, 3.63) is 23.9 Å². The SMILES string of the molecule is C/C=C/C(=O)Nc1cc(C(C)C)[nH]n1. The fourth-order valence-electron chi connectivity index (χ4n) is 1.02. The first-order valence-electron chi connectivity index (χ1n) is 4.62. The molecule has 0 aliphatic heterocycles. The molecule has 0 fully saturated rings. The van der Waals surface area contributed by atoms with Gasteiger partial charge in [-0.3, -0.25) is 9.89 Å². The van der Waals surface area contributed by atoms with Gasteiger partial charge in [-0.1, -0.05) is 19.9 Å². The molecule has 14 heavy (non-hydrogen) atoms. The average molecular weight is 193 g/mol. The second kappa shape index (κ2) is 4.60. The lowest BCUT2D eigenvalue weighted by Crippen LogP contribution is -2.07. The number of anilines is 1. The van der Waals surface area contributed by atoms with Gasteiger partial charge >= 0.3 is 0 Å². The number of carbonyl (C=O) groups excluding carboxylic acids is 1. The fraction of sp³-hybridized carbons (Fsp3) is 0.400. The van der Waals surface area contributed by atoms with E-state index in [2.05, 4.69) is 29.4 Å². The van der Waals surface area contributed by atoms with Crippen LogP contribution in [0.4, 0.5) is 5.82 Å². The van der Waals surface area contributed by atoms with Crippen molar-refractivity contribution in [3.63, 3.8) is 0 Å². The Hall–Kier alpha value is -1.58. The number of amides is 1. The molecular formula is C10H15N3O. The number of hydrogen-bond donors (Lipinski definition) is 2. The van der Waals surface area contributed by atoms with Gasteiger partial charge in [-0.25, -0.2) is 0 Å². The number of rotatable bonds is 3. The molecule has 4 nitrogen and oxygen atoms in total. The Morgan fingerprint density at radius 1 is 1.64 bits per heavy atom. The minimum Gasteiger partial charge on any atom is -0.306 e. The summed E-state index contributed by atoms with van der Waals surface area (Å²) in [4.78, 5) is 11.1.